The van der Waals surface area contributed by atoms with Gasteiger partial charge in [0.25, 0.3) is 0 Å². The van der Waals surface area contributed by atoms with Crippen molar-refractivity contribution in [2.24, 2.45) is 0 Å². The molecule has 1 aromatic carbocycles. The van der Waals surface area contributed by atoms with Gasteiger partial charge in [0.15, 0.2) is 0 Å². The molecular weight excluding hydrogens is 162 g/mol. The fraction of sp³-hybridized carbons (Fsp3) is 0.182. The minimum Gasteiger partial charge on any atom is -0.384 e. The van der Waals surface area contributed by atoms with E-state index in [9.17, 15) is 5.11 Å². The molecule has 0 heterocycles. The van der Waals surface area contributed by atoms with Crippen LogP contribution in [0.5, 0.6) is 0 Å². The van der Waals surface area contributed by atoms with Gasteiger partial charge in [0.1, 0.15) is 0 Å². The largest absolute Gasteiger partial charge is 0.384 e. The molecule has 0 aliphatic rings. The standard InChI is InChI=1S/C11H11NO/c1-8(2)11(13)10-5-3-9(7-12)4-6-10/h3-6,11,13H,1H2,2H3. The van der Waals surface area contributed by atoms with Gasteiger partial charge in [-0.15, -0.1) is 0 Å². The Bertz CT molecular complexity index is 345. The third kappa shape index (κ3) is 2.17. The summed E-state index contributed by atoms with van der Waals surface area (Å²) in [5.41, 5.74) is 2.06. The fourth-order valence-corrected chi connectivity index (χ4v) is 1.02. The lowest BCUT2D eigenvalue weighted by atomic mass is 10.0. The summed E-state index contributed by atoms with van der Waals surface area (Å²) in [6.45, 7) is 5.43. The number of aliphatic hydroxyl groups excluding tert-OH is 1. The lowest BCUT2D eigenvalue weighted by molar-refractivity contribution is 0.216. The molecule has 0 radical (unpaired) electrons. The molecule has 0 fully saturated rings. The molecule has 0 bridgehead atoms. The predicted molar refractivity (Wildman–Crippen MR) is 50.9 cm³/mol. The topological polar surface area (TPSA) is 44.0 Å². The Kier molecular flexibility index (Phi) is 2.84. The summed E-state index contributed by atoms with van der Waals surface area (Å²) < 4.78 is 0. The Hall–Kier alpha value is -1.59. The minimum absolute atomic E-state index is 0.595. The molecule has 1 atom stereocenters. The van der Waals surface area contributed by atoms with E-state index >= 15 is 0 Å². The lowest BCUT2D eigenvalue weighted by Crippen LogP contribution is -1.97. The van der Waals surface area contributed by atoms with Gasteiger partial charge in [0.05, 0.1) is 17.7 Å². The van der Waals surface area contributed by atoms with Gasteiger partial charge in [0, 0.05) is 0 Å². The second-order valence-corrected chi connectivity index (χ2v) is 2.98. The van der Waals surface area contributed by atoms with E-state index in [1.54, 1.807) is 31.2 Å². The molecule has 66 valence electrons. The van der Waals surface area contributed by atoms with Crippen LogP contribution in [0.4, 0.5) is 0 Å². The molecule has 2 heteroatoms. The van der Waals surface area contributed by atoms with Crippen molar-refractivity contribution in [1.29, 1.82) is 5.26 Å². The summed E-state index contributed by atoms with van der Waals surface area (Å²) in [7, 11) is 0. The number of hydrogen-bond donors (Lipinski definition) is 1. The van der Waals surface area contributed by atoms with Gasteiger partial charge in [-0.2, -0.15) is 5.26 Å². The summed E-state index contributed by atoms with van der Waals surface area (Å²) in [5, 5.41) is 18.1. The Morgan fingerprint density at radius 2 is 2.00 bits per heavy atom. The van der Waals surface area contributed by atoms with Crippen molar-refractivity contribution >= 4 is 0 Å². The zero-order chi connectivity index (χ0) is 9.84. The van der Waals surface area contributed by atoms with Crippen molar-refractivity contribution in [2.45, 2.75) is 13.0 Å². The molecule has 0 aliphatic heterocycles. The van der Waals surface area contributed by atoms with E-state index in [1.165, 1.54) is 0 Å². The van der Waals surface area contributed by atoms with Crippen LogP contribution < -0.4 is 0 Å². The highest BCUT2D eigenvalue weighted by molar-refractivity contribution is 5.34. The molecule has 1 rings (SSSR count). The highest BCUT2D eigenvalue weighted by atomic mass is 16.3. The number of rotatable bonds is 2. The van der Waals surface area contributed by atoms with Crippen molar-refractivity contribution in [3.8, 4) is 6.07 Å². The van der Waals surface area contributed by atoms with E-state index < -0.39 is 6.10 Å². The molecule has 0 aromatic heterocycles. The second-order valence-electron chi connectivity index (χ2n) is 2.98. The maximum absolute atomic E-state index is 9.58. The van der Waals surface area contributed by atoms with Crippen LogP contribution in [0.15, 0.2) is 36.4 Å². The first kappa shape index (κ1) is 9.50. The molecule has 13 heavy (non-hydrogen) atoms. The van der Waals surface area contributed by atoms with Gasteiger partial charge in [-0.05, 0) is 30.2 Å². The van der Waals surface area contributed by atoms with Crippen LogP contribution in [0.1, 0.15) is 24.2 Å². The van der Waals surface area contributed by atoms with Crippen LogP contribution >= 0.6 is 0 Å². The van der Waals surface area contributed by atoms with E-state index in [4.69, 9.17) is 5.26 Å². The van der Waals surface area contributed by atoms with Crippen LogP contribution in [0.25, 0.3) is 0 Å². The first-order chi connectivity index (χ1) is 6.15. The van der Waals surface area contributed by atoms with E-state index in [0.29, 0.717) is 11.1 Å². The van der Waals surface area contributed by atoms with Gasteiger partial charge < -0.3 is 5.11 Å². The molecule has 0 saturated carbocycles. The van der Waals surface area contributed by atoms with Crippen molar-refractivity contribution in [3.05, 3.63) is 47.5 Å². The molecule has 0 aliphatic carbocycles. The van der Waals surface area contributed by atoms with Gasteiger partial charge in [-0.25, -0.2) is 0 Å². The van der Waals surface area contributed by atoms with Crippen molar-refractivity contribution in [2.75, 3.05) is 0 Å². The maximum atomic E-state index is 9.58. The summed E-state index contributed by atoms with van der Waals surface area (Å²) in [6.07, 6.45) is -0.632. The van der Waals surface area contributed by atoms with Crippen LogP contribution in [-0.2, 0) is 0 Å². The van der Waals surface area contributed by atoms with E-state index in [2.05, 4.69) is 6.58 Å². The minimum atomic E-state index is -0.632. The summed E-state index contributed by atoms with van der Waals surface area (Å²) in [5.74, 6) is 0. The number of hydrogen-bond acceptors (Lipinski definition) is 2. The summed E-state index contributed by atoms with van der Waals surface area (Å²) in [4.78, 5) is 0. The summed E-state index contributed by atoms with van der Waals surface area (Å²) in [6, 6.07) is 8.85. The van der Waals surface area contributed by atoms with Gasteiger partial charge >= 0.3 is 0 Å². The average Bonchev–Trinajstić information content (AvgIpc) is 2.17. The van der Waals surface area contributed by atoms with Gasteiger partial charge in [-0.3, -0.25) is 0 Å². The molecule has 0 amide bonds. The molecule has 0 spiro atoms. The summed E-state index contributed by atoms with van der Waals surface area (Å²) >= 11 is 0. The van der Waals surface area contributed by atoms with Crippen molar-refractivity contribution in [3.63, 3.8) is 0 Å². The predicted octanol–water partition coefficient (Wildman–Crippen LogP) is 2.17. The normalized spacial score (nSPS) is 11.8. The maximum Gasteiger partial charge on any atom is 0.0995 e. The van der Waals surface area contributed by atoms with E-state index in [0.717, 1.165) is 5.56 Å². The Morgan fingerprint density at radius 1 is 1.46 bits per heavy atom. The monoisotopic (exact) mass is 173 g/mol. The smallest absolute Gasteiger partial charge is 0.0995 e. The Morgan fingerprint density at radius 3 is 2.38 bits per heavy atom. The highest BCUT2D eigenvalue weighted by Gasteiger charge is 2.06. The molecular formula is C11H11NO. The van der Waals surface area contributed by atoms with Crippen molar-refractivity contribution in [1.82, 2.24) is 0 Å². The zero-order valence-electron chi connectivity index (χ0n) is 7.49. The average molecular weight is 173 g/mol. The lowest BCUT2D eigenvalue weighted by Gasteiger charge is -2.09. The number of aliphatic hydroxyl groups is 1. The molecule has 1 N–H and O–H groups in total. The van der Waals surface area contributed by atoms with Gasteiger partial charge in [-0.1, -0.05) is 18.7 Å². The zero-order valence-corrected chi connectivity index (χ0v) is 7.49. The van der Waals surface area contributed by atoms with Gasteiger partial charge in [0.2, 0.25) is 0 Å². The first-order valence-corrected chi connectivity index (χ1v) is 3.98. The molecule has 1 aromatic rings. The van der Waals surface area contributed by atoms with Crippen LogP contribution in [0, 0.1) is 11.3 Å². The van der Waals surface area contributed by atoms with Crippen LogP contribution in [-0.4, -0.2) is 5.11 Å². The highest BCUT2D eigenvalue weighted by Crippen LogP contribution is 2.19. The fourth-order valence-electron chi connectivity index (χ4n) is 1.02. The SMILES string of the molecule is C=C(C)C(O)c1ccc(C#N)cc1. The van der Waals surface area contributed by atoms with Crippen LogP contribution in [0.2, 0.25) is 0 Å². The van der Waals surface area contributed by atoms with E-state index in [1.807, 2.05) is 6.07 Å². The molecule has 0 saturated heterocycles. The Labute approximate surface area is 77.8 Å². The third-order valence-corrected chi connectivity index (χ3v) is 1.82. The molecule has 2 nitrogen and oxygen atoms in total. The Balaban J connectivity index is 2.93. The van der Waals surface area contributed by atoms with E-state index in [-0.39, 0.29) is 0 Å². The number of nitriles is 1. The number of benzene rings is 1. The first-order valence-electron chi connectivity index (χ1n) is 3.98. The molecule has 1 unspecified atom stereocenters. The van der Waals surface area contributed by atoms with Crippen molar-refractivity contribution < 1.29 is 5.11 Å². The quantitative estimate of drug-likeness (QED) is 0.696. The third-order valence-electron chi connectivity index (χ3n) is 1.82. The number of nitrogens with zero attached hydrogens (tertiary/aromatic N) is 1. The van der Waals surface area contributed by atoms with Crippen LogP contribution in [0.3, 0.4) is 0 Å². The second kappa shape index (κ2) is 3.88.